The van der Waals surface area contributed by atoms with Crippen LogP contribution < -0.4 is 10.6 Å². The van der Waals surface area contributed by atoms with E-state index in [1.165, 1.54) is 11.3 Å². The largest absolute Gasteiger partial charge is 0.451 e. The van der Waals surface area contributed by atoms with Gasteiger partial charge in [0.1, 0.15) is 10.6 Å². The Morgan fingerprint density at radius 3 is 2.72 bits per heavy atom. The second-order valence-corrected chi connectivity index (χ2v) is 12.0. The first-order valence-electron chi connectivity index (χ1n) is 10.7. The highest BCUT2D eigenvalue weighted by molar-refractivity contribution is 7.91. The summed E-state index contributed by atoms with van der Waals surface area (Å²) in [7, 11) is -3.10. The van der Waals surface area contributed by atoms with E-state index in [9.17, 15) is 18.0 Å². The van der Waals surface area contributed by atoms with Crippen LogP contribution in [0.3, 0.4) is 0 Å². The van der Waals surface area contributed by atoms with Gasteiger partial charge in [0, 0.05) is 21.9 Å². The van der Waals surface area contributed by atoms with Crippen LogP contribution in [0.15, 0.2) is 22.6 Å². The van der Waals surface area contributed by atoms with Crippen molar-refractivity contribution in [1.29, 1.82) is 0 Å². The summed E-state index contributed by atoms with van der Waals surface area (Å²) in [6, 6.07) is 5.37. The molecule has 1 aliphatic heterocycles. The zero-order valence-corrected chi connectivity index (χ0v) is 19.5. The molecular weight excluding hydrogens is 448 g/mol. The maximum Gasteiger partial charge on any atom is 0.292 e. The molecule has 168 valence electrons. The minimum absolute atomic E-state index is 0.0373. The number of rotatable bonds is 4. The number of fused-ring (bicyclic) bond motifs is 2. The molecule has 5 rings (SSSR count). The summed E-state index contributed by atoms with van der Waals surface area (Å²) >= 11 is 1.42. The van der Waals surface area contributed by atoms with Crippen LogP contribution in [0.1, 0.15) is 55.3 Å². The molecule has 1 fully saturated rings. The van der Waals surface area contributed by atoms with Gasteiger partial charge in [-0.1, -0.05) is 11.6 Å². The van der Waals surface area contributed by atoms with Gasteiger partial charge in [-0.25, -0.2) is 8.42 Å². The van der Waals surface area contributed by atoms with Gasteiger partial charge in [0.05, 0.1) is 17.1 Å². The van der Waals surface area contributed by atoms with Gasteiger partial charge in [-0.2, -0.15) is 0 Å². The fraction of sp³-hybridized carbons (Fsp3) is 0.391. The van der Waals surface area contributed by atoms with Gasteiger partial charge < -0.3 is 15.1 Å². The van der Waals surface area contributed by atoms with Crippen LogP contribution in [0.2, 0.25) is 0 Å². The molecule has 1 atom stereocenters. The Hall–Kier alpha value is -2.65. The number of amides is 2. The van der Waals surface area contributed by atoms with Crippen LogP contribution >= 0.6 is 11.3 Å². The van der Waals surface area contributed by atoms with Gasteiger partial charge in [0.2, 0.25) is 0 Å². The molecule has 0 radical (unpaired) electrons. The molecule has 1 saturated heterocycles. The lowest BCUT2D eigenvalue weighted by Gasteiger charge is -2.13. The molecular formula is C23H24N2O5S2. The monoisotopic (exact) mass is 472 g/mol. The normalized spacial score (nSPS) is 19.2. The highest BCUT2D eigenvalue weighted by Crippen LogP contribution is 2.40. The number of hydrogen-bond donors (Lipinski definition) is 2. The molecule has 2 N–H and O–H groups in total. The highest BCUT2D eigenvalue weighted by Gasteiger charge is 2.33. The van der Waals surface area contributed by atoms with Gasteiger partial charge in [0.25, 0.3) is 11.8 Å². The summed E-state index contributed by atoms with van der Waals surface area (Å²) in [5.41, 5.74) is 3.90. The molecule has 1 aromatic carbocycles. The van der Waals surface area contributed by atoms with Crippen molar-refractivity contribution in [2.45, 2.75) is 45.6 Å². The minimum atomic E-state index is -3.10. The molecule has 9 heteroatoms. The van der Waals surface area contributed by atoms with E-state index in [-0.39, 0.29) is 23.2 Å². The van der Waals surface area contributed by atoms with Gasteiger partial charge in [0.15, 0.2) is 15.6 Å². The molecule has 0 spiro atoms. The van der Waals surface area contributed by atoms with Crippen LogP contribution in [0, 0.1) is 13.8 Å². The summed E-state index contributed by atoms with van der Waals surface area (Å²) in [6.07, 6.45) is 3.03. The van der Waals surface area contributed by atoms with E-state index in [2.05, 4.69) is 10.6 Å². The van der Waals surface area contributed by atoms with Gasteiger partial charge in [-0.15, -0.1) is 11.3 Å². The van der Waals surface area contributed by atoms with Crippen molar-refractivity contribution >= 4 is 49.0 Å². The fourth-order valence-electron chi connectivity index (χ4n) is 4.61. The third-order valence-corrected chi connectivity index (χ3v) is 9.22. The predicted molar refractivity (Wildman–Crippen MR) is 125 cm³/mol. The molecule has 2 amide bonds. The van der Waals surface area contributed by atoms with Gasteiger partial charge >= 0.3 is 0 Å². The molecule has 32 heavy (non-hydrogen) atoms. The average molecular weight is 473 g/mol. The van der Waals surface area contributed by atoms with Gasteiger partial charge in [-0.3, -0.25) is 9.59 Å². The Bertz CT molecular complexity index is 1370. The number of benzene rings is 1. The van der Waals surface area contributed by atoms with E-state index < -0.39 is 21.8 Å². The highest BCUT2D eigenvalue weighted by atomic mass is 32.2. The Labute approximate surface area is 190 Å². The Morgan fingerprint density at radius 1 is 1.16 bits per heavy atom. The smallest absolute Gasteiger partial charge is 0.292 e. The quantitative estimate of drug-likeness (QED) is 0.601. The fourth-order valence-corrected chi connectivity index (χ4v) is 7.57. The summed E-state index contributed by atoms with van der Waals surface area (Å²) in [5, 5.41) is 7.16. The number of nitrogens with one attached hydrogen (secondary N) is 2. The molecule has 7 nitrogen and oxygen atoms in total. The van der Waals surface area contributed by atoms with Crippen molar-refractivity contribution in [3.63, 3.8) is 0 Å². The lowest BCUT2D eigenvalue weighted by atomic mass is 10.1. The van der Waals surface area contributed by atoms with Crippen LogP contribution in [-0.4, -0.2) is 37.8 Å². The zero-order valence-electron chi connectivity index (χ0n) is 17.9. The molecule has 2 aliphatic rings. The lowest BCUT2D eigenvalue weighted by Crippen LogP contribution is -2.36. The third kappa shape index (κ3) is 3.73. The molecule has 3 heterocycles. The van der Waals surface area contributed by atoms with E-state index in [1.807, 2.05) is 32.0 Å². The molecule has 3 aromatic rings. The third-order valence-electron chi connectivity index (χ3n) is 6.24. The maximum absolute atomic E-state index is 13.1. The summed E-state index contributed by atoms with van der Waals surface area (Å²) < 4.78 is 29.4. The van der Waals surface area contributed by atoms with Crippen molar-refractivity contribution in [3.05, 3.63) is 51.1 Å². The number of anilines is 1. The topological polar surface area (TPSA) is 105 Å². The number of furan rings is 1. The Morgan fingerprint density at radius 2 is 1.97 bits per heavy atom. The van der Waals surface area contributed by atoms with E-state index in [0.29, 0.717) is 22.6 Å². The zero-order chi connectivity index (χ0) is 22.6. The maximum atomic E-state index is 13.1. The number of hydrogen-bond acceptors (Lipinski definition) is 6. The van der Waals surface area contributed by atoms with Crippen molar-refractivity contribution in [2.75, 3.05) is 16.8 Å². The second kappa shape index (κ2) is 7.74. The molecule has 1 aliphatic carbocycles. The van der Waals surface area contributed by atoms with Gasteiger partial charge in [-0.05, 0) is 57.2 Å². The second-order valence-electron chi connectivity index (χ2n) is 8.64. The Kier molecular flexibility index (Phi) is 5.13. The molecule has 2 aromatic heterocycles. The molecule has 0 saturated carbocycles. The van der Waals surface area contributed by atoms with Crippen molar-refractivity contribution in [1.82, 2.24) is 5.32 Å². The van der Waals surface area contributed by atoms with Crippen molar-refractivity contribution in [2.24, 2.45) is 0 Å². The number of aryl methyl sites for hydroxylation is 3. The van der Waals surface area contributed by atoms with E-state index >= 15 is 0 Å². The number of sulfone groups is 1. The first kappa shape index (κ1) is 21.2. The van der Waals surface area contributed by atoms with E-state index in [0.717, 1.165) is 46.2 Å². The summed E-state index contributed by atoms with van der Waals surface area (Å²) in [6.45, 7) is 3.84. The Balaban J connectivity index is 1.44. The van der Waals surface area contributed by atoms with E-state index in [1.54, 1.807) is 0 Å². The standard InChI is InChI=1S/C23H24N2O5S2/c1-12-6-7-17-16(10-12)13(2)20(30-17)22(27)25-23-19(15-4-3-5-18(15)31-23)21(26)24-14-8-9-32(28,29)11-14/h6-7,10,14H,3-5,8-9,11H2,1-2H3,(H,24,26)(H,25,27). The van der Waals surface area contributed by atoms with Crippen molar-refractivity contribution < 1.29 is 22.4 Å². The van der Waals surface area contributed by atoms with Crippen LogP contribution in [-0.2, 0) is 22.7 Å². The van der Waals surface area contributed by atoms with Crippen LogP contribution in [0.4, 0.5) is 5.00 Å². The van der Waals surface area contributed by atoms with E-state index in [4.69, 9.17) is 4.42 Å². The SMILES string of the molecule is Cc1ccc2oc(C(=O)Nc3sc4c(c3C(=O)NC3CCS(=O)(=O)C3)CCC4)c(C)c2c1. The molecule has 1 unspecified atom stereocenters. The lowest BCUT2D eigenvalue weighted by molar-refractivity contribution is 0.0941. The predicted octanol–water partition coefficient (Wildman–Crippen LogP) is 3.77. The first-order valence-corrected chi connectivity index (χ1v) is 13.3. The first-order chi connectivity index (χ1) is 15.2. The summed E-state index contributed by atoms with van der Waals surface area (Å²) in [5.74, 6) is -0.432. The number of thiophene rings is 1. The van der Waals surface area contributed by atoms with Crippen LogP contribution in [0.5, 0.6) is 0 Å². The number of carbonyl (C=O) groups is 2. The molecule has 0 bridgehead atoms. The average Bonchev–Trinajstić information content (AvgIpc) is 3.45. The summed E-state index contributed by atoms with van der Waals surface area (Å²) in [4.78, 5) is 27.4. The number of carbonyl (C=O) groups excluding carboxylic acids is 2. The minimum Gasteiger partial charge on any atom is -0.451 e. The van der Waals surface area contributed by atoms with Crippen LogP contribution in [0.25, 0.3) is 11.0 Å². The van der Waals surface area contributed by atoms with Crippen molar-refractivity contribution in [3.8, 4) is 0 Å².